The second kappa shape index (κ2) is 3.05. The predicted octanol–water partition coefficient (Wildman–Crippen LogP) is 1.64. The first-order valence-corrected chi connectivity index (χ1v) is 4.33. The Kier molecular flexibility index (Phi) is 1.89. The highest BCUT2D eigenvalue weighted by Gasteiger charge is 2.06. The van der Waals surface area contributed by atoms with Crippen LogP contribution in [-0.2, 0) is 0 Å². The topological polar surface area (TPSA) is 38.4 Å². The van der Waals surface area contributed by atoms with E-state index in [1.807, 2.05) is 6.08 Å². The van der Waals surface area contributed by atoms with Gasteiger partial charge in [0, 0.05) is 5.70 Å². The minimum absolute atomic E-state index is 0.642. The van der Waals surface area contributed by atoms with Crippen LogP contribution in [0.15, 0.2) is 41.0 Å². The number of benzene rings is 1. The highest BCUT2D eigenvalue weighted by molar-refractivity contribution is 6.10. The van der Waals surface area contributed by atoms with Crippen molar-refractivity contribution in [3.8, 4) is 0 Å². The van der Waals surface area contributed by atoms with Crippen LogP contribution in [0.3, 0.4) is 0 Å². The van der Waals surface area contributed by atoms with Crippen molar-refractivity contribution < 1.29 is 0 Å². The molecular formula is C11H12N2. The van der Waals surface area contributed by atoms with Gasteiger partial charge in [0.05, 0.1) is 12.3 Å². The van der Waals surface area contributed by atoms with Gasteiger partial charge >= 0.3 is 0 Å². The number of hydrogen-bond acceptors (Lipinski definition) is 2. The van der Waals surface area contributed by atoms with Gasteiger partial charge in [0.1, 0.15) is 0 Å². The molecule has 0 spiro atoms. The first kappa shape index (κ1) is 8.05. The van der Waals surface area contributed by atoms with E-state index in [1.165, 1.54) is 5.56 Å². The van der Waals surface area contributed by atoms with E-state index in [0.717, 1.165) is 17.0 Å². The fraction of sp³-hybridized carbons (Fsp3) is 0.182. The number of nitrogens with zero attached hydrogens (tertiary/aromatic N) is 1. The van der Waals surface area contributed by atoms with E-state index in [9.17, 15) is 0 Å². The Labute approximate surface area is 77.8 Å². The van der Waals surface area contributed by atoms with Crippen LogP contribution in [0.4, 0.5) is 0 Å². The highest BCUT2D eigenvalue weighted by atomic mass is 14.8. The second-order valence-corrected chi connectivity index (χ2v) is 3.29. The summed E-state index contributed by atoms with van der Waals surface area (Å²) < 4.78 is 0. The van der Waals surface area contributed by atoms with Gasteiger partial charge in [-0.15, -0.1) is 0 Å². The molecule has 66 valence electrons. The highest BCUT2D eigenvalue weighted by Crippen LogP contribution is 2.10. The Morgan fingerprint density at radius 2 is 1.92 bits per heavy atom. The molecule has 1 heterocycles. The summed E-state index contributed by atoms with van der Waals surface area (Å²) in [5, 5.41) is 0. The smallest absolute Gasteiger partial charge is 0.0792 e. The van der Waals surface area contributed by atoms with Gasteiger partial charge in [-0.3, -0.25) is 4.99 Å². The quantitative estimate of drug-likeness (QED) is 0.687. The largest absolute Gasteiger partial charge is 0.400 e. The molecule has 0 atom stereocenters. The van der Waals surface area contributed by atoms with Crippen molar-refractivity contribution in [1.82, 2.24) is 0 Å². The molecule has 0 unspecified atom stereocenters. The van der Waals surface area contributed by atoms with Gasteiger partial charge in [0.2, 0.25) is 0 Å². The lowest BCUT2D eigenvalue weighted by molar-refractivity contribution is 1.14. The van der Waals surface area contributed by atoms with E-state index < -0.39 is 0 Å². The minimum Gasteiger partial charge on any atom is -0.400 e. The zero-order chi connectivity index (χ0) is 9.26. The molecule has 1 aromatic carbocycles. The van der Waals surface area contributed by atoms with E-state index in [4.69, 9.17) is 5.73 Å². The van der Waals surface area contributed by atoms with Gasteiger partial charge in [-0.25, -0.2) is 0 Å². The molecule has 2 heteroatoms. The van der Waals surface area contributed by atoms with Gasteiger partial charge in [-0.1, -0.05) is 29.8 Å². The summed E-state index contributed by atoms with van der Waals surface area (Å²) in [6.45, 7) is 2.72. The molecule has 13 heavy (non-hydrogen) atoms. The van der Waals surface area contributed by atoms with Crippen LogP contribution >= 0.6 is 0 Å². The van der Waals surface area contributed by atoms with Gasteiger partial charge in [-0.2, -0.15) is 0 Å². The summed E-state index contributed by atoms with van der Waals surface area (Å²) in [7, 11) is 0. The molecule has 0 amide bonds. The van der Waals surface area contributed by atoms with Crippen LogP contribution in [0, 0.1) is 6.92 Å². The van der Waals surface area contributed by atoms with E-state index >= 15 is 0 Å². The Hall–Kier alpha value is -1.57. The summed E-state index contributed by atoms with van der Waals surface area (Å²) in [6, 6.07) is 8.31. The zero-order valence-electron chi connectivity index (χ0n) is 7.62. The van der Waals surface area contributed by atoms with Crippen LogP contribution in [0.5, 0.6) is 0 Å². The molecule has 2 rings (SSSR count). The third-order valence-electron chi connectivity index (χ3n) is 2.10. The van der Waals surface area contributed by atoms with Crippen molar-refractivity contribution in [2.75, 3.05) is 6.54 Å². The summed E-state index contributed by atoms with van der Waals surface area (Å²) in [4.78, 5) is 4.32. The van der Waals surface area contributed by atoms with Crippen molar-refractivity contribution in [3.05, 3.63) is 47.2 Å². The lowest BCUT2D eigenvalue weighted by atomic mass is 10.1. The van der Waals surface area contributed by atoms with Crippen molar-refractivity contribution >= 4 is 5.71 Å². The number of nitrogens with two attached hydrogens (primary N) is 1. The van der Waals surface area contributed by atoms with E-state index in [1.54, 1.807) is 0 Å². The summed E-state index contributed by atoms with van der Waals surface area (Å²) in [5.41, 5.74) is 9.89. The molecule has 1 aliphatic rings. The second-order valence-electron chi connectivity index (χ2n) is 3.29. The SMILES string of the molecule is Cc1ccc(C2=NCC(N)=C2)cc1. The molecule has 2 nitrogen and oxygen atoms in total. The van der Waals surface area contributed by atoms with Crippen LogP contribution in [0.2, 0.25) is 0 Å². The van der Waals surface area contributed by atoms with E-state index in [-0.39, 0.29) is 0 Å². The number of aryl methyl sites for hydroxylation is 1. The van der Waals surface area contributed by atoms with Crippen LogP contribution in [-0.4, -0.2) is 12.3 Å². The van der Waals surface area contributed by atoms with Gasteiger partial charge in [0.15, 0.2) is 0 Å². The van der Waals surface area contributed by atoms with Crippen molar-refractivity contribution in [2.24, 2.45) is 10.7 Å². The van der Waals surface area contributed by atoms with Crippen molar-refractivity contribution in [3.63, 3.8) is 0 Å². The molecule has 1 aromatic rings. The molecule has 0 saturated heterocycles. The monoisotopic (exact) mass is 172 g/mol. The van der Waals surface area contributed by atoms with Crippen LogP contribution in [0.1, 0.15) is 11.1 Å². The molecule has 2 N–H and O–H groups in total. The Morgan fingerprint density at radius 3 is 2.46 bits per heavy atom. The molecule has 0 aromatic heterocycles. The Balaban J connectivity index is 2.32. The lowest BCUT2D eigenvalue weighted by Gasteiger charge is -1.98. The Bertz CT molecular complexity index is 372. The molecule has 1 aliphatic heterocycles. The Morgan fingerprint density at radius 1 is 1.23 bits per heavy atom. The molecular weight excluding hydrogens is 160 g/mol. The molecule has 0 fully saturated rings. The molecule has 0 aliphatic carbocycles. The van der Waals surface area contributed by atoms with E-state index in [0.29, 0.717) is 6.54 Å². The average Bonchev–Trinajstić information content (AvgIpc) is 2.53. The van der Waals surface area contributed by atoms with Gasteiger partial charge in [0.25, 0.3) is 0 Å². The maximum Gasteiger partial charge on any atom is 0.0792 e. The molecule has 0 radical (unpaired) electrons. The summed E-state index contributed by atoms with van der Waals surface area (Å²) in [5.74, 6) is 0. The first-order valence-electron chi connectivity index (χ1n) is 4.33. The number of hydrogen-bond donors (Lipinski definition) is 1. The molecule has 0 bridgehead atoms. The first-order chi connectivity index (χ1) is 6.25. The van der Waals surface area contributed by atoms with Crippen molar-refractivity contribution in [1.29, 1.82) is 0 Å². The standard InChI is InChI=1S/C11H12N2/c1-8-2-4-9(5-3-8)11-6-10(12)7-13-11/h2-6H,7,12H2,1H3. The number of allylic oxidation sites excluding steroid dienone is 1. The van der Waals surface area contributed by atoms with E-state index in [2.05, 4.69) is 36.2 Å². The zero-order valence-corrected chi connectivity index (χ0v) is 7.62. The third-order valence-corrected chi connectivity index (χ3v) is 2.10. The molecule has 0 saturated carbocycles. The lowest BCUT2D eigenvalue weighted by Crippen LogP contribution is -1.96. The van der Waals surface area contributed by atoms with Crippen LogP contribution < -0.4 is 5.73 Å². The maximum absolute atomic E-state index is 5.64. The van der Waals surface area contributed by atoms with Crippen molar-refractivity contribution in [2.45, 2.75) is 6.92 Å². The maximum atomic E-state index is 5.64. The third kappa shape index (κ3) is 1.61. The minimum atomic E-state index is 0.642. The fourth-order valence-corrected chi connectivity index (χ4v) is 1.34. The fourth-order valence-electron chi connectivity index (χ4n) is 1.34. The van der Waals surface area contributed by atoms with Gasteiger partial charge in [-0.05, 0) is 18.6 Å². The van der Waals surface area contributed by atoms with Gasteiger partial charge < -0.3 is 5.73 Å². The average molecular weight is 172 g/mol. The number of rotatable bonds is 1. The van der Waals surface area contributed by atoms with Crippen LogP contribution in [0.25, 0.3) is 0 Å². The predicted molar refractivity (Wildman–Crippen MR) is 54.9 cm³/mol. The normalized spacial score (nSPS) is 15.5. The summed E-state index contributed by atoms with van der Waals surface area (Å²) in [6.07, 6.45) is 1.94. The summed E-state index contributed by atoms with van der Waals surface area (Å²) >= 11 is 0. The number of aliphatic imine (C=N–C) groups is 1.